The fourth-order valence-corrected chi connectivity index (χ4v) is 3.02. The van der Waals surface area contributed by atoms with Crippen molar-refractivity contribution in [2.45, 2.75) is 19.9 Å². The van der Waals surface area contributed by atoms with Crippen LogP contribution in [0.25, 0.3) is 5.52 Å². The van der Waals surface area contributed by atoms with E-state index in [9.17, 15) is 4.79 Å². The molecule has 3 rings (SSSR count). The Labute approximate surface area is 126 Å². The van der Waals surface area contributed by atoms with Crippen LogP contribution in [-0.4, -0.2) is 27.3 Å². The van der Waals surface area contributed by atoms with E-state index in [0.29, 0.717) is 12.1 Å². The predicted molar refractivity (Wildman–Crippen MR) is 85.1 cm³/mol. The Bertz CT molecular complexity index is 773. The van der Waals surface area contributed by atoms with E-state index in [1.807, 2.05) is 19.2 Å². The van der Waals surface area contributed by atoms with Crippen molar-refractivity contribution in [3.05, 3.63) is 56.9 Å². The highest BCUT2D eigenvalue weighted by Gasteiger charge is 2.04. The molecule has 3 aromatic heterocycles. The molecule has 0 bridgehead atoms. The lowest BCUT2D eigenvalue weighted by Gasteiger charge is -2.07. The van der Waals surface area contributed by atoms with Gasteiger partial charge in [0.2, 0.25) is 0 Å². The SMILES string of the molecule is Cc1cc2c(=O)n(CCNCCc3ccsc3)ccn2n1. The van der Waals surface area contributed by atoms with Crippen LogP contribution in [0.2, 0.25) is 0 Å². The van der Waals surface area contributed by atoms with E-state index in [-0.39, 0.29) is 5.56 Å². The van der Waals surface area contributed by atoms with Gasteiger partial charge in [-0.3, -0.25) is 4.79 Å². The minimum absolute atomic E-state index is 0.0118. The second-order valence-electron chi connectivity index (χ2n) is 5.04. The maximum absolute atomic E-state index is 12.3. The van der Waals surface area contributed by atoms with E-state index in [0.717, 1.165) is 25.2 Å². The van der Waals surface area contributed by atoms with Crippen molar-refractivity contribution >= 4 is 16.9 Å². The Balaban J connectivity index is 1.55. The van der Waals surface area contributed by atoms with Crippen molar-refractivity contribution in [2.24, 2.45) is 0 Å². The van der Waals surface area contributed by atoms with Crippen LogP contribution < -0.4 is 10.9 Å². The zero-order chi connectivity index (χ0) is 14.7. The van der Waals surface area contributed by atoms with Gasteiger partial charge in [-0.25, -0.2) is 4.52 Å². The molecule has 0 saturated carbocycles. The maximum atomic E-state index is 12.3. The molecule has 0 spiro atoms. The van der Waals surface area contributed by atoms with Gasteiger partial charge in [0.15, 0.2) is 0 Å². The lowest BCUT2D eigenvalue weighted by atomic mass is 10.2. The summed E-state index contributed by atoms with van der Waals surface area (Å²) in [5.74, 6) is 0. The average molecular weight is 302 g/mol. The molecule has 0 unspecified atom stereocenters. The molecule has 6 heteroatoms. The molecule has 0 aliphatic heterocycles. The summed E-state index contributed by atoms with van der Waals surface area (Å²) in [6.07, 6.45) is 4.65. The number of fused-ring (bicyclic) bond motifs is 1. The van der Waals surface area contributed by atoms with Crippen molar-refractivity contribution in [1.29, 1.82) is 0 Å². The molecule has 0 radical (unpaired) electrons. The van der Waals surface area contributed by atoms with Gasteiger partial charge in [-0.1, -0.05) is 0 Å². The summed E-state index contributed by atoms with van der Waals surface area (Å²) in [5, 5.41) is 11.9. The summed E-state index contributed by atoms with van der Waals surface area (Å²) in [6, 6.07) is 3.97. The molecule has 0 aromatic carbocycles. The molecule has 0 amide bonds. The topological polar surface area (TPSA) is 51.3 Å². The Kier molecular flexibility index (Phi) is 4.17. The van der Waals surface area contributed by atoms with Gasteiger partial charge >= 0.3 is 0 Å². The molecule has 0 aliphatic carbocycles. The van der Waals surface area contributed by atoms with Gasteiger partial charge in [-0.15, -0.1) is 0 Å². The summed E-state index contributed by atoms with van der Waals surface area (Å²) >= 11 is 1.72. The van der Waals surface area contributed by atoms with Crippen molar-refractivity contribution in [1.82, 2.24) is 19.5 Å². The molecule has 3 aromatic rings. The molecule has 5 nitrogen and oxygen atoms in total. The lowest BCUT2D eigenvalue weighted by Crippen LogP contribution is -2.28. The largest absolute Gasteiger partial charge is 0.315 e. The number of aryl methyl sites for hydroxylation is 1. The zero-order valence-electron chi connectivity index (χ0n) is 12.0. The Morgan fingerprint density at radius 3 is 3.05 bits per heavy atom. The van der Waals surface area contributed by atoms with Gasteiger partial charge in [0.25, 0.3) is 5.56 Å². The molecule has 21 heavy (non-hydrogen) atoms. The van der Waals surface area contributed by atoms with E-state index in [1.54, 1.807) is 26.6 Å². The second kappa shape index (κ2) is 6.24. The first-order chi connectivity index (χ1) is 10.2. The van der Waals surface area contributed by atoms with Gasteiger partial charge in [0.1, 0.15) is 5.52 Å². The summed E-state index contributed by atoms with van der Waals surface area (Å²) in [7, 11) is 0. The molecular formula is C15H18N4OS. The van der Waals surface area contributed by atoms with E-state index in [2.05, 4.69) is 27.2 Å². The molecule has 110 valence electrons. The van der Waals surface area contributed by atoms with Gasteiger partial charge in [-0.05, 0) is 48.3 Å². The molecule has 0 fully saturated rings. The number of aromatic nitrogens is 3. The molecular weight excluding hydrogens is 284 g/mol. The van der Waals surface area contributed by atoms with E-state index >= 15 is 0 Å². The van der Waals surface area contributed by atoms with Crippen LogP contribution in [0, 0.1) is 6.92 Å². The van der Waals surface area contributed by atoms with Crippen LogP contribution in [0.1, 0.15) is 11.3 Å². The fourth-order valence-electron chi connectivity index (χ4n) is 2.32. The fraction of sp³-hybridized carbons (Fsp3) is 0.333. The summed E-state index contributed by atoms with van der Waals surface area (Å²) in [5.41, 5.74) is 2.87. The van der Waals surface area contributed by atoms with E-state index < -0.39 is 0 Å². The first kappa shape index (κ1) is 14.0. The molecule has 0 atom stereocenters. The third-order valence-corrected chi connectivity index (χ3v) is 4.16. The summed E-state index contributed by atoms with van der Waals surface area (Å²) in [6.45, 7) is 4.28. The van der Waals surface area contributed by atoms with Gasteiger partial charge in [-0.2, -0.15) is 16.4 Å². The minimum Gasteiger partial charge on any atom is -0.315 e. The number of rotatable bonds is 6. The van der Waals surface area contributed by atoms with Crippen molar-refractivity contribution in [2.75, 3.05) is 13.1 Å². The normalized spacial score (nSPS) is 11.3. The van der Waals surface area contributed by atoms with Gasteiger partial charge in [0, 0.05) is 25.5 Å². The van der Waals surface area contributed by atoms with Gasteiger partial charge < -0.3 is 9.88 Å². The van der Waals surface area contributed by atoms with E-state index in [4.69, 9.17) is 0 Å². The smallest absolute Gasteiger partial charge is 0.276 e. The highest BCUT2D eigenvalue weighted by Crippen LogP contribution is 2.05. The quantitative estimate of drug-likeness (QED) is 0.705. The Hall–Kier alpha value is -1.92. The molecule has 0 saturated heterocycles. The van der Waals surface area contributed by atoms with Crippen molar-refractivity contribution in [3.63, 3.8) is 0 Å². The first-order valence-electron chi connectivity index (χ1n) is 7.01. The molecule has 0 aliphatic rings. The average Bonchev–Trinajstić information content (AvgIpc) is 3.10. The third kappa shape index (κ3) is 3.22. The standard InChI is InChI=1S/C15H18N4OS/c1-12-10-14-15(20)18(7-8-19(14)17-12)6-5-16-4-2-13-3-9-21-11-13/h3,7-11,16H,2,4-6H2,1H3. The van der Waals surface area contributed by atoms with Crippen LogP contribution in [0.15, 0.2) is 40.1 Å². The van der Waals surface area contributed by atoms with Crippen LogP contribution in [-0.2, 0) is 13.0 Å². The molecule has 3 heterocycles. The van der Waals surface area contributed by atoms with E-state index in [1.165, 1.54) is 5.56 Å². The number of hydrogen-bond acceptors (Lipinski definition) is 4. The third-order valence-electron chi connectivity index (χ3n) is 3.43. The number of thiophene rings is 1. The van der Waals surface area contributed by atoms with Crippen molar-refractivity contribution in [3.8, 4) is 0 Å². The molecule has 1 N–H and O–H groups in total. The monoisotopic (exact) mass is 302 g/mol. The zero-order valence-corrected chi connectivity index (χ0v) is 12.8. The number of hydrogen-bond donors (Lipinski definition) is 1. The maximum Gasteiger partial charge on any atom is 0.276 e. The van der Waals surface area contributed by atoms with Crippen LogP contribution in [0.5, 0.6) is 0 Å². The highest BCUT2D eigenvalue weighted by molar-refractivity contribution is 7.07. The van der Waals surface area contributed by atoms with Crippen LogP contribution in [0.4, 0.5) is 0 Å². The van der Waals surface area contributed by atoms with Crippen LogP contribution in [0.3, 0.4) is 0 Å². The second-order valence-corrected chi connectivity index (χ2v) is 5.82. The Morgan fingerprint density at radius 1 is 1.33 bits per heavy atom. The Morgan fingerprint density at radius 2 is 2.24 bits per heavy atom. The van der Waals surface area contributed by atoms with Gasteiger partial charge in [0.05, 0.1) is 5.69 Å². The lowest BCUT2D eigenvalue weighted by molar-refractivity contribution is 0.584. The first-order valence-corrected chi connectivity index (χ1v) is 7.95. The predicted octanol–water partition coefficient (Wildman–Crippen LogP) is 1.70. The summed E-state index contributed by atoms with van der Waals surface area (Å²) in [4.78, 5) is 12.3. The van der Waals surface area contributed by atoms with Crippen LogP contribution >= 0.6 is 11.3 Å². The minimum atomic E-state index is 0.0118. The highest BCUT2D eigenvalue weighted by atomic mass is 32.1. The number of nitrogens with zero attached hydrogens (tertiary/aromatic N) is 3. The van der Waals surface area contributed by atoms with Crippen molar-refractivity contribution < 1.29 is 0 Å². The number of nitrogens with one attached hydrogen (secondary N) is 1. The summed E-state index contributed by atoms with van der Waals surface area (Å²) < 4.78 is 3.37.